The lowest BCUT2D eigenvalue weighted by atomic mass is 10.1. The second-order valence-electron chi connectivity index (χ2n) is 7.36. The first-order valence-corrected chi connectivity index (χ1v) is 10.4. The molecule has 0 aliphatic heterocycles. The van der Waals surface area contributed by atoms with Crippen molar-refractivity contribution in [2.75, 3.05) is 25.5 Å². The highest BCUT2D eigenvalue weighted by Gasteiger charge is 2.10. The Morgan fingerprint density at radius 1 is 1.06 bits per heavy atom. The lowest BCUT2D eigenvalue weighted by Gasteiger charge is -2.12. The molecule has 2 aromatic heterocycles. The van der Waals surface area contributed by atoms with Crippen LogP contribution in [0, 0.1) is 6.92 Å². The molecule has 9 heteroatoms. The third-order valence-electron chi connectivity index (χ3n) is 4.39. The predicted octanol–water partition coefficient (Wildman–Crippen LogP) is 3.43. The lowest BCUT2D eigenvalue weighted by Crippen LogP contribution is -2.27. The third-order valence-corrected chi connectivity index (χ3v) is 4.39. The molecule has 0 saturated heterocycles. The van der Waals surface area contributed by atoms with Crippen LogP contribution in [0.1, 0.15) is 25.1 Å². The first kappa shape index (κ1) is 23.0. The van der Waals surface area contributed by atoms with Gasteiger partial charge in [-0.1, -0.05) is 13.8 Å². The quantitative estimate of drug-likeness (QED) is 0.252. The standard InChI is InChI=1S/C23H29N7O2/c1-15(2)26-9-10-31-18-6-8-22(29-13-18)32-17-5-7-20(25-4)19(11-17)23(24)30-21-14-27-16(3)12-28-21/h5-8,11-15,25-26H,9-10H2,1-4H3,(H2,24,28,30). The number of benzene rings is 1. The molecule has 0 unspecified atom stereocenters. The Bertz CT molecular complexity index is 1040. The van der Waals surface area contributed by atoms with Gasteiger partial charge in [0.25, 0.3) is 0 Å². The monoisotopic (exact) mass is 435 g/mol. The Balaban J connectivity index is 1.70. The number of aryl methyl sites for hydroxylation is 1. The van der Waals surface area contributed by atoms with Gasteiger partial charge in [0.15, 0.2) is 5.82 Å². The number of ether oxygens (including phenoxy) is 2. The van der Waals surface area contributed by atoms with Crippen molar-refractivity contribution in [1.29, 1.82) is 0 Å². The number of rotatable bonds is 10. The van der Waals surface area contributed by atoms with Crippen LogP contribution in [0.4, 0.5) is 11.5 Å². The Hall–Kier alpha value is -3.72. The number of nitrogens with two attached hydrogens (primary N) is 1. The molecule has 0 fully saturated rings. The van der Waals surface area contributed by atoms with Crippen LogP contribution in [0.3, 0.4) is 0 Å². The van der Waals surface area contributed by atoms with E-state index in [9.17, 15) is 0 Å². The summed E-state index contributed by atoms with van der Waals surface area (Å²) in [7, 11) is 1.81. The van der Waals surface area contributed by atoms with E-state index in [0.717, 1.165) is 17.9 Å². The van der Waals surface area contributed by atoms with Crippen molar-refractivity contribution in [3.05, 3.63) is 60.2 Å². The molecule has 0 radical (unpaired) electrons. The van der Waals surface area contributed by atoms with Crippen LogP contribution in [0.5, 0.6) is 17.4 Å². The fourth-order valence-electron chi connectivity index (χ4n) is 2.79. The summed E-state index contributed by atoms with van der Waals surface area (Å²) in [5.41, 5.74) is 8.56. The Morgan fingerprint density at radius 3 is 2.53 bits per heavy atom. The van der Waals surface area contributed by atoms with Crippen molar-refractivity contribution in [2.45, 2.75) is 26.8 Å². The number of amidine groups is 1. The molecule has 3 aromatic rings. The smallest absolute Gasteiger partial charge is 0.219 e. The number of hydrogen-bond acceptors (Lipinski definition) is 8. The molecule has 0 atom stereocenters. The van der Waals surface area contributed by atoms with Crippen molar-refractivity contribution in [1.82, 2.24) is 20.3 Å². The van der Waals surface area contributed by atoms with E-state index < -0.39 is 0 Å². The first-order chi connectivity index (χ1) is 15.4. The van der Waals surface area contributed by atoms with E-state index in [4.69, 9.17) is 15.2 Å². The number of nitrogens with one attached hydrogen (secondary N) is 2. The Kier molecular flexibility index (Phi) is 7.93. The molecule has 0 aliphatic carbocycles. The molecule has 0 amide bonds. The zero-order valence-electron chi connectivity index (χ0n) is 18.8. The second-order valence-corrected chi connectivity index (χ2v) is 7.36. The molecule has 0 aliphatic rings. The number of nitrogens with zero attached hydrogens (tertiary/aromatic N) is 4. The van der Waals surface area contributed by atoms with E-state index in [-0.39, 0.29) is 0 Å². The van der Waals surface area contributed by atoms with Crippen LogP contribution >= 0.6 is 0 Å². The first-order valence-electron chi connectivity index (χ1n) is 10.4. The van der Waals surface area contributed by atoms with Gasteiger partial charge in [-0.15, -0.1) is 0 Å². The van der Waals surface area contributed by atoms with E-state index in [1.54, 1.807) is 30.7 Å². The predicted molar refractivity (Wildman–Crippen MR) is 126 cm³/mol. The van der Waals surface area contributed by atoms with Gasteiger partial charge in [-0.2, -0.15) is 0 Å². The maximum atomic E-state index is 6.25. The molecule has 0 spiro atoms. The van der Waals surface area contributed by atoms with Gasteiger partial charge in [-0.3, -0.25) is 4.98 Å². The van der Waals surface area contributed by atoms with Crippen LogP contribution in [0.25, 0.3) is 0 Å². The molecule has 32 heavy (non-hydrogen) atoms. The molecule has 0 saturated carbocycles. The number of aromatic nitrogens is 3. The number of hydrogen-bond donors (Lipinski definition) is 3. The van der Waals surface area contributed by atoms with Crippen molar-refractivity contribution in [3.8, 4) is 17.4 Å². The summed E-state index contributed by atoms with van der Waals surface area (Å²) in [5, 5.41) is 6.41. The molecular formula is C23H29N7O2. The molecule has 1 aromatic carbocycles. The molecule has 0 bridgehead atoms. The average molecular weight is 436 g/mol. The lowest BCUT2D eigenvalue weighted by molar-refractivity contribution is 0.307. The minimum atomic E-state index is 0.296. The van der Waals surface area contributed by atoms with E-state index in [0.29, 0.717) is 47.2 Å². The molecule has 2 heterocycles. The van der Waals surface area contributed by atoms with Crippen LogP contribution in [-0.2, 0) is 0 Å². The van der Waals surface area contributed by atoms with Crippen molar-refractivity contribution >= 4 is 17.3 Å². The zero-order valence-corrected chi connectivity index (χ0v) is 18.8. The number of pyridine rings is 1. The summed E-state index contributed by atoms with van der Waals surface area (Å²) in [6.07, 6.45) is 4.86. The fraction of sp³-hybridized carbons (Fsp3) is 0.304. The van der Waals surface area contributed by atoms with Gasteiger partial charge >= 0.3 is 0 Å². The van der Waals surface area contributed by atoms with Crippen molar-refractivity contribution in [3.63, 3.8) is 0 Å². The largest absolute Gasteiger partial charge is 0.491 e. The molecule has 168 valence electrons. The van der Waals surface area contributed by atoms with Gasteiger partial charge in [0, 0.05) is 37.0 Å². The van der Waals surface area contributed by atoms with Crippen LogP contribution in [0.2, 0.25) is 0 Å². The van der Waals surface area contributed by atoms with Crippen LogP contribution in [0.15, 0.2) is 53.9 Å². The van der Waals surface area contributed by atoms with E-state index in [1.807, 2.05) is 32.2 Å². The van der Waals surface area contributed by atoms with Gasteiger partial charge in [0.1, 0.15) is 23.9 Å². The summed E-state index contributed by atoms with van der Waals surface area (Å²) in [5.74, 6) is 2.44. The third kappa shape index (κ3) is 6.64. The van der Waals surface area contributed by atoms with Gasteiger partial charge < -0.3 is 25.8 Å². The highest BCUT2D eigenvalue weighted by molar-refractivity contribution is 6.03. The summed E-state index contributed by atoms with van der Waals surface area (Å²) < 4.78 is 11.6. The fourth-order valence-corrected chi connectivity index (χ4v) is 2.79. The minimum absolute atomic E-state index is 0.296. The van der Waals surface area contributed by atoms with Gasteiger partial charge in [0.05, 0.1) is 24.3 Å². The molecule has 3 rings (SSSR count). The highest BCUT2D eigenvalue weighted by Crippen LogP contribution is 2.26. The molecular weight excluding hydrogens is 406 g/mol. The molecule has 4 N–H and O–H groups in total. The van der Waals surface area contributed by atoms with Gasteiger partial charge in [-0.25, -0.2) is 15.0 Å². The maximum Gasteiger partial charge on any atom is 0.219 e. The normalized spacial score (nSPS) is 11.5. The van der Waals surface area contributed by atoms with Crippen molar-refractivity contribution in [2.24, 2.45) is 10.7 Å². The van der Waals surface area contributed by atoms with Crippen molar-refractivity contribution < 1.29 is 9.47 Å². The van der Waals surface area contributed by atoms with Gasteiger partial charge in [-0.05, 0) is 31.2 Å². The summed E-state index contributed by atoms with van der Waals surface area (Å²) in [6.45, 7) is 7.39. The van der Waals surface area contributed by atoms with E-state index in [2.05, 4.69) is 44.4 Å². The number of aliphatic imine (C=N–C) groups is 1. The highest BCUT2D eigenvalue weighted by atomic mass is 16.5. The van der Waals surface area contributed by atoms with E-state index >= 15 is 0 Å². The van der Waals surface area contributed by atoms with Crippen LogP contribution in [-0.4, -0.2) is 47.0 Å². The van der Waals surface area contributed by atoms with Crippen LogP contribution < -0.4 is 25.8 Å². The Morgan fingerprint density at radius 2 is 1.88 bits per heavy atom. The zero-order chi connectivity index (χ0) is 22.9. The summed E-state index contributed by atoms with van der Waals surface area (Å²) in [4.78, 5) is 17.1. The summed E-state index contributed by atoms with van der Waals surface area (Å²) >= 11 is 0. The molecule has 9 nitrogen and oxygen atoms in total. The van der Waals surface area contributed by atoms with Gasteiger partial charge in [0.2, 0.25) is 5.88 Å². The number of anilines is 1. The maximum absolute atomic E-state index is 6.25. The topological polar surface area (TPSA) is 120 Å². The minimum Gasteiger partial charge on any atom is -0.491 e. The SMILES string of the molecule is CNc1ccc(Oc2ccc(OCCNC(C)C)cn2)cc1C(N)=Nc1cnc(C)cn1. The average Bonchev–Trinajstić information content (AvgIpc) is 2.79. The Labute approximate surface area is 188 Å². The van der Waals surface area contributed by atoms with E-state index in [1.165, 1.54) is 0 Å². The second kappa shape index (κ2) is 11.1. The summed E-state index contributed by atoms with van der Waals surface area (Å²) in [6, 6.07) is 9.51.